The maximum Gasteiger partial charge on any atom is 0.231 e. The van der Waals surface area contributed by atoms with E-state index in [-0.39, 0.29) is 18.6 Å². The average molecular weight is 413 g/mol. The van der Waals surface area contributed by atoms with Gasteiger partial charge in [-0.25, -0.2) is 0 Å². The molecule has 3 atom stereocenters. The van der Waals surface area contributed by atoms with Crippen molar-refractivity contribution in [3.8, 4) is 17.2 Å². The van der Waals surface area contributed by atoms with Crippen molar-refractivity contribution in [1.29, 1.82) is 0 Å². The second kappa shape index (κ2) is 8.10. The molecule has 2 aliphatic heterocycles. The quantitative estimate of drug-likeness (QED) is 0.403. The fourth-order valence-corrected chi connectivity index (χ4v) is 5.19. The zero-order valence-electron chi connectivity index (χ0n) is 18.9. The van der Waals surface area contributed by atoms with E-state index in [4.69, 9.17) is 14.2 Å². The average Bonchev–Trinajstić information content (AvgIpc) is 3.16. The first-order chi connectivity index (χ1) is 14.3. The predicted molar refractivity (Wildman–Crippen MR) is 117 cm³/mol. The fourth-order valence-electron chi connectivity index (χ4n) is 5.19. The largest absolute Gasteiger partial charge is 0.492 e. The maximum atomic E-state index is 13.0. The topological polar surface area (TPSA) is 44.8 Å². The molecule has 5 nitrogen and oxygen atoms in total. The monoisotopic (exact) mass is 412 g/mol. The maximum absolute atomic E-state index is 13.0. The minimum Gasteiger partial charge on any atom is -0.492 e. The molecule has 1 aliphatic carbocycles. The van der Waals surface area contributed by atoms with Gasteiger partial charge in [0.2, 0.25) is 12.5 Å². The number of hydrogen-bond donors (Lipinski definition) is 0. The summed E-state index contributed by atoms with van der Waals surface area (Å²) in [5, 5.41) is 0. The predicted octanol–water partition coefficient (Wildman–Crippen LogP) is 4.61. The van der Waals surface area contributed by atoms with Crippen molar-refractivity contribution >= 4 is 5.78 Å². The molecule has 0 fully saturated rings. The van der Waals surface area contributed by atoms with E-state index >= 15 is 0 Å². The molecule has 0 amide bonds. The molecule has 0 spiro atoms. The Bertz CT molecular complexity index is 899. The van der Waals surface area contributed by atoms with Crippen LogP contribution in [-0.2, 0) is 11.2 Å². The normalized spacial score (nSPS) is 27.0. The smallest absolute Gasteiger partial charge is 0.231 e. The Labute approximate surface area is 179 Å². The number of hydrogen-bond acceptors (Lipinski definition) is 4. The Morgan fingerprint density at radius 3 is 2.87 bits per heavy atom. The van der Waals surface area contributed by atoms with Crippen LogP contribution in [0.5, 0.6) is 17.2 Å². The highest BCUT2D eigenvalue weighted by molar-refractivity contribution is 5.90. The van der Waals surface area contributed by atoms with E-state index in [2.05, 4.69) is 46.2 Å². The van der Waals surface area contributed by atoms with Gasteiger partial charge < -0.3 is 18.7 Å². The number of ether oxygens (including phenoxy) is 3. The third-order valence-electron chi connectivity index (χ3n) is 7.12. The van der Waals surface area contributed by atoms with Crippen molar-refractivity contribution < 1.29 is 23.5 Å². The Morgan fingerprint density at radius 1 is 1.33 bits per heavy atom. The summed E-state index contributed by atoms with van der Waals surface area (Å²) < 4.78 is 17.8. The first kappa shape index (κ1) is 21.0. The van der Waals surface area contributed by atoms with Crippen molar-refractivity contribution in [2.45, 2.75) is 45.6 Å². The number of likely N-dealkylation sites (N-methyl/N-ethyl adjacent to an activating group) is 1. The van der Waals surface area contributed by atoms with Gasteiger partial charge in [0.1, 0.15) is 6.04 Å². The summed E-state index contributed by atoms with van der Waals surface area (Å²) in [4.78, 5) is 13.0. The van der Waals surface area contributed by atoms with Crippen molar-refractivity contribution in [3.63, 3.8) is 0 Å². The lowest BCUT2D eigenvalue weighted by atomic mass is 9.80. The molecule has 0 radical (unpaired) electrons. The number of nitrogens with zero attached hydrogens (tertiary/aromatic N) is 1. The Balaban J connectivity index is 1.60. The summed E-state index contributed by atoms with van der Waals surface area (Å²) in [6.45, 7) is 5.66. The van der Waals surface area contributed by atoms with E-state index in [9.17, 15) is 4.79 Å². The van der Waals surface area contributed by atoms with Crippen molar-refractivity contribution in [1.82, 2.24) is 0 Å². The van der Waals surface area contributed by atoms with Gasteiger partial charge in [-0.05, 0) is 49.3 Å². The van der Waals surface area contributed by atoms with Crippen LogP contribution in [0.3, 0.4) is 0 Å². The van der Waals surface area contributed by atoms with Crippen LogP contribution in [0.1, 0.15) is 50.3 Å². The van der Waals surface area contributed by atoms with Crippen LogP contribution in [0.2, 0.25) is 0 Å². The van der Waals surface area contributed by atoms with E-state index < -0.39 is 0 Å². The van der Waals surface area contributed by atoms with Gasteiger partial charge in [-0.15, -0.1) is 0 Å². The standard InChI is InChI=1S/C25H34NO4/c1-16-6-7-18(17(2)12-16)8-9-20(27)14-21-23-19(10-11-26(21,3)4)13-22-24(25(23)28-5)30-15-29-22/h6,8-9,13,17-18,21H,7,10-12,14-15H2,1-5H3/q+1/b9-8+/t17-,18-,21+/m0/s1. The van der Waals surface area contributed by atoms with E-state index in [1.165, 1.54) is 11.1 Å². The van der Waals surface area contributed by atoms with E-state index in [0.717, 1.165) is 47.4 Å². The number of allylic oxidation sites excluding steroid dienone is 4. The van der Waals surface area contributed by atoms with Crippen molar-refractivity contribution in [2.75, 3.05) is 34.5 Å². The molecule has 3 aliphatic rings. The fraction of sp³-hybridized carbons (Fsp3) is 0.560. The van der Waals surface area contributed by atoms with Crippen LogP contribution in [-0.4, -0.2) is 44.8 Å². The first-order valence-electron chi connectivity index (χ1n) is 11.0. The first-order valence-corrected chi connectivity index (χ1v) is 11.0. The number of quaternary nitrogens is 1. The summed E-state index contributed by atoms with van der Waals surface area (Å²) in [5.41, 5.74) is 3.77. The minimum absolute atomic E-state index is 0.0290. The summed E-state index contributed by atoms with van der Waals surface area (Å²) >= 11 is 0. The van der Waals surface area contributed by atoms with Gasteiger partial charge in [-0.2, -0.15) is 0 Å². The van der Waals surface area contributed by atoms with Crippen molar-refractivity contribution in [2.24, 2.45) is 11.8 Å². The number of carbonyl (C=O) groups excluding carboxylic acids is 1. The van der Waals surface area contributed by atoms with Gasteiger partial charge >= 0.3 is 0 Å². The van der Waals surface area contributed by atoms with E-state index in [1.807, 2.05) is 6.08 Å². The van der Waals surface area contributed by atoms with Gasteiger partial charge in [-0.3, -0.25) is 4.79 Å². The van der Waals surface area contributed by atoms with Gasteiger partial charge in [0.15, 0.2) is 17.3 Å². The SMILES string of the molecule is COc1c2c(cc3c1[C@@H](CC(=O)/C=C/[C@@H]1CC=C(C)C[C@@H]1C)[N+](C)(C)CC3)OCO2. The summed E-state index contributed by atoms with van der Waals surface area (Å²) in [5.74, 6) is 3.36. The summed E-state index contributed by atoms with van der Waals surface area (Å²) in [6, 6.07) is 2.10. The molecule has 162 valence electrons. The molecule has 0 N–H and O–H groups in total. The van der Waals surface area contributed by atoms with Crippen molar-refractivity contribution in [3.05, 3.63) is 41.0 Å². The van der Waals surface area contributed by atoms with E-state index in [1.54, 1.807) is 7.11 Å². The zero-order chi connectivity index (χ0) is 21.5. The highest BCUT2D eigenvalue weighted by Gasteiger charge is 2.42. The second-order valence-corrected chi connectivity index (χ2v) is 9.65. The minimum atomic E-state index is 0.0290. The molecule has 0 aromatic heterocycles. The van der Waals surface area contributed by atoms with Gasteiger partial charge in [-0.1, -0.05) is 24.6 Å². The number of methoxy groups -OCH3 is 1. The molecule has 2 heterocycles. The third-order valence-corrected chi connectivity index (χ3v) is 7.12. The molecule has 4 rings (SSSR count). The second-order valence-electron chi connectivity index (χ2n) is 9.65. The number of fused-ring (bicyclic) bond motifs is 2. The highest BCUT2D eigenvalue weighted by Crippen LogP contribution is 2.51. The molecular formula is C25H34NO4+. The lowest BCUT2D eigenvalue weighted by Crippen LogP contribution is -2.48. The number of carbonyl (C=O) groups is 1. The van der Waals surface area contributed by atoms with Crippen LogP contribution in [0.15, 0.2) is 29.9 Å². The lowest BCUT2D eigenvalue weighted by molar-refractivity contribution is -0.922. The molecule has 0 saturated heterocycles. The molecule has 1 aromatic rings. The summed E-state index contributed by atoms with van der Waals surface area (Å²) in [6.07, 6.45) is 9.81. The van der Waals surface area contributed by atoms with Crippen LogP contribution in [0.4, 0.5) is 0 Å². The highest BCUT2D eigenvalue weighted by atomic mass is 16.7. The molecule has 0 saturated carbocycles. The molecule has 30 heavy (non-hydrogen) atoms. The molecular weight excluding hydrogens is 378 g/mol. The number of benzene rings is 1. The molecule has 0 bridgehead atoms. The van der Waals surface area contributed by atoms with Crippen LogP contribution in [0, 0.1) is 11.8 Å². The Hall–Kier alpha value is -2.27. The van der Waals surface area contributed by atoms with Gasteiger partial charge in [0, 0.05) is 6.42 Å². The van der Waals surface area contributed by atoms with Gasteiger partial charge in [0.25, 0.3) is 0 Å². The van der Waals surface area contributed by atoms with Crippen LogP contribution >= 0.6 is 0 Å². The molecule has 0 unspecified atom stereocenters. The Morgan fingerprint density at radius 2 is 2.13 bits per heavy atom. The van der Waals surface area contributed by atoms with Gasteiger partial charge in [0.05, 0.1) is 39.7 Å². The zero-order valence-corrected chi connectivity index (χ0v) is 18.9. The molecule has 1 aromatic carbocycles. The molecule has 5 heteroatoms. The van der Waals surface area contributed by atoms with Crippen LogP contribution < -0.4 is 14.2 Å². The third kappa shape index (κ3) is 3.87. The van der Waals surface area contributed by atoms with E-state index in [0.29, 0.717) is 24.0 Å². The number of rotatable bonds is 5. The lowest BCUT2D eigenvalue weighted by Gasteiger charge is -2.43. The van der Waals surface area contributed by atoms with Crippen LogP contribution in [0.25, 0.3) is 0 Å². The Kier molecular flexibility index (Phi) is 5.67. The summed E-state index contributed by atoms with van der Waals surface area (Å²) in [7, 11) is 6.07. The number of ketones is 1.